The summed E-state index contributed by atoms with van der Waals surface area (Å²) in [5.41, 5.74) is -0.724. The van der Waals surface area contributed by atoms with Gasteiger partial charge in [-0.25, -0.2) is 4.39 Å². The van der Waals surface area contributed by atoms with Crippen LogP contribution in [0, 0.1) is 21.8 Å². The molecule has 1 atom stereocenters. The molecule has 7 nitrogen and oxygen atoms in total. The van der Waals surface area contributed by atoms with E-state index in [-0.39, 0.29) is 12.1 Å². The molecule has 1 aliphatic rings. The smallest absolute Gasteiger partial charge is 0.308 e. The summed E-state index contributed by atoms with van der Waals surface area (Å²) in [6.07, 6.45) is 0.999. The number of benzene rings is 1. The van der Waals surface area contributed by atoms with Crippen molar-refractivity contribution in [3.63, 3.8) is 0 Å². The van der Waals surface area contributed by atoms with Crippen molar-refractivity contribution in [2.45, 2.75) is 12.8 Å². The maximum atomic E-state index is 13.8. The van der Waals surface area contributed by atoms with Gasteiger partial charge in [0.25, 0.3) is 11.6 Å². The Morgan fingerprint density at radius 1 is 1.43 bits per heavy atom. The largest absolute Gasteiger partial charge is 0.481 e. The number of hydrogen-bond acceptors (Lipinski definition) is 4. The number of carbonyl (C=O) groups excluding carboxylic acids is 1. The van der Waals surface area contributed by atoms with Crippen LogP contribution < -0.4 is 0 Å². The number of carboxylic acids is 1. The first-order chi connectivity index (χ1) is 9.90. The highest BCUT2D eigenvalue weighted by atomic mass is 19.1. The summed E-state index contributed by atoms with van der Waals surface area (Å²) in [6.45, 7) is 0.365. The number of hydrogen-bond donors (Lipinski definition) is 1. The molecule has 0 spiro atoms. The minimum Gasteiger partial charge on any atom is -0.481 e. The number of rotatable bonds is 3. The maximum absolute atomic E-state index is 13.8. The Labute approximate surface area is 119 Å². The molecular weight excluding hydrogens is 283 g/mol. The van der Waals surface area contributed by atoms with Crippen LogP contribution >= 0.6 is 0 Å². The molecule has 8 heteroatoms. The number of nitro benzene ring substituents is 1. The predicted molar refractivity (Wildman–Crippen MR) is 69.3 cm³/mol. The molecule has 1 aliphatic heterocycles. The second-order valence-corrected chi connectivity index (χ2v) is 4.85. The Hall–Kier alpha value is -2.51. The molecule has 1 aromatic carbocycles. The zero-order chi connectivity index (χ0) is 15.6. The Morgan fingerprint density at radius 2 is 2.14 bits per heavy atom. The Bertz CT molecular complexity index is 604. The minimum atomic E-state index is -0.989. The van der Waals surface area contributed by atoms with Crippen LogP contribution in [0.15, 0.2) is 18.2 Å². The molecule has 0 aliphatic carbocycles. The van der Waals surface area contributed by atoms with Gasteiger partial charge in [-0.1, -0.05) is 0 Å². The zero-order valence-electron chi connectivity index (χ0n) is 11.0. The fourth-order valence-corrected chi connectivity index (χ4v) is 2.32. The molecule has 1 aromatic rings. The summed E-state index contributed by atoms with van der Waals surface area (Å²) < 4.78 is 13.8. The lowest BCUT2D eigenvalue weighted by Gasteiger charge is -2.30. The van der Waals surface area contributed by atoms with Gasteiger partial charge < -0.3 is 10.0 Å². The Balaban J connectivity index is 2.20. The number of non-ortho nitro benzene ring substituents is 1. The van der Waals surface area contributed by atoms with Crippen molar-refractivity contribution in [1.29, 1.82) is 0 Å². The Kier molecular flexibility index (Phi) is 4.15. The number of nitrogens with zero attached hydrogens (tertiary/aromatic N) is 2. The van der Waals surface area contributed by atoms with Crippen LogP contribution in [0.4, 0.5) is 10.1 Å². The lowest BCUT2D eigenvalue weighted by Crippen LogP contribution is -2.42. The number of piperidine rings is 1. The number of nitro groups is 1. The molecule has 0 radical (unpaired) electrons. The fraction of sp³-hybridized carbons (Fsp3) is 0.385. The predicted octanol–water partition coefficient (Wildman–Crippen LogP) is 1.67. The summed E-state index contributed by atoms with van der Waals surface area (Å²) in [5.74, 6) is -3.28. The normalized spacial score (nSPS) is 18.3. The van der Waals surface area contributed by atoms with Gasteiger partial charge in [-0.15, -0.1) is 0 Å². The highest BCUT2D eigenvalue weighted by Crippen LogP contribution is 2.22. The third-order valence-electron chi connectivity index (χ3n) is 3.45. The highest BCUT2D eigenvalue weighted by Gasteiger charge is 2.30. The number of halogens is 1. The van der Waals surface area contributed by atoms with Crippen LogP contribution in [0.1, 0.15) is 23.2 Å². The highest BCUT2D eigenvalue weighted by molar-refractivity contribution is 5.95. The van der Waals surface area contributed by atoms with Crippen LogP contribution in [0.2, 0.25) is 0 Å². The maximum Gasteiger partial charge on any atom is 0.308 e. The van der Waals surface area contributed by atoms with Gasteiger partial charge >= 0.3 is 5.97 Å². The van der Waals surface area contributed by atoms with Gasteiger partial charge in [0, 0.05) is 19.2 Å². The van der Waals surface area contributed by atoms with E-state index < -0.39 is 34.2 Å². The average Bonchev–Trinajstić information content (AvgIpc) is 2.46. The van der Waals surface area contributed by atoms with E-state index in [1.807, 2.05) is 0 Å². The molecular formula is C13H13FN2O5. The van der Waals surface area contributed by atoms with E-state index in [0.29, 0.717) is 25.5 Å². The van der Waals surface area contributed by atoms with E-state index in [9.17, 15) is 24.1 Å². The first-order valence-electron chi connectivity index (χ1n) is 6.36. The van der Waals surface area contributed by atoms with E-state index in [1.165, 1.54) is 4.90 Å². The average molecular weight is 296 g/mol. The van der Waals surface area contributed by atoms with Crippen LogP contribution in [-0.4, -0.2) is 39.9 Å². The molecule has 1 N–H and O–H groups in total. The van der Waals surface area contributed by atoms with Crippen molar-refractivity contribution >= 4 is 17.6 Å². The number of amides is 1. The Morgan fingerprint density at radius 3 is 2.71 bits per heavy atom. The molecule has 1 fully saturated rings. The van der Waals surface area contributed by atoms with Gasteiger partial charge in [0.15, 0.2) is 0 Å². The molecule has 0 unspecified atom stereocenters. The summed E-state index contributed by atoms with van der Waals surface area (Å²) in [5, 5.41) is 19.5. The lowest BCUT2D eigenvalue weighted by molar-refractivity contribution is -0.385. The van der Waals surface area contributed by atoms with Gasteiger partial charge in [-0.05, 0) is 18.9 Å². The topological polar surface area (TPSA) is 101 Å². The van der Waals surface area contributed by atoms with Crippen molar-refractivity contribution in [1.82, 2.24) is 4.90 Å². The van der Waals surface area contributed by atoms with Gasteiger partial charge in [-0.3, -0.25) is 19.7 Å². The van der Waals surface area contributed by atoms with E-state index in [1.54, 1.807) is 0 Å². The van der Waals surface area contributed by atoms with Crippen molar-refractivity contribution < 1.29 is 24.0 Å². The summed E-state index contributed by atoms with van der Waals surface area (Å²) >= 11 is 0. The van der Waals surface area contributed by atoms with Crippen LogP contribution in [-0.2, 0) is 4.79 Å². The van der Waals surface area contributed by atoms with Gasteiger partial charge in [0.05, 0.1) is 22.5 Å². The summed E-state index contributed by atoms with van der Waals surface area (Å²) in [7, 11) is 0. The van der Waals surface area contributed by atoms with E-state index in [0.717, 1.165) is 12.1 Å². The van der Waals surface area contributed by atoms with Gasteiger partial charge in [-0.2, -0.15) is 0 Å². The number of carboxylic acid groups (broad SMARTS) is 1. The zero-order valence-corrected chi connectivity index (χ0v) is 11.0. The standard InChI is InChI=1S/C13H13FN2O5/c14-11-6-9(16(20)21)3-4-10(11)12(17)15-5-1-2-8(7-15)13(18)19/h3-4,6,8H,1-2,5,7H2,(H,18,19)/t8-/m0/s1. The quantitative estimate of drug-likeness (QED) is 0.675. The molecule has 21 heavy (non-hydrogen) atoms. The molecule has 1 heterocycles. The first-order valence-corrected chi connectivity index (χ1v) is 6.36. The lowest BCUT2D eigenvalue weighted by atomic mass is 9.97. The molecule has 0 saturated carbocycles. The molecule has 0 bridgehead atoms. The third-order valence-corrected chi connectivity index (χ3v) is 3.45. The second-order valence-electron chi connectivity index (χ2n) is 4.85. The number of carbonyl (C=O) groups is 2. The van der Waals surface area contributed by atoms with Crippen molar-refractivity contribution in [2.75, 3.05) is 13.1 Å². The number of likely N-dealkylation sites (tertiary alicyclic amines) is 1. The first kappa shape index (κ1) is 14.9. The molecule has 1 saturated heterocycles. The van der Waals surface area contributed by atoms with Crippen LogP contribution in [0.25, 0.3) is 0 Å². The van der Waals surface area contributed by atoms with Crippen LogP contribution in [0.3, 0.4) is 0 Å². The summed E-state index contributed by atoms with van der Waals surface area (Å²) in [6, 6.07) is 2.79. The second kappa shape index (κ2) is 5.86. The van der Waals surface area contributed by atoms with E-state index in [2.05, 4.69) is 0 Å². The molecule has 112 valence electrons. The van der Waals surface area contributed by atoms with Gasteiger partial charge in [0.1, 0.15) is 5.82 Å². The molecule has 1 amide bonds. The monoisotopic (exact) mass is 296 g/mol. The van der Waals surface area contributed by atoms with Crippen molar-refractivity contribution in [3.8, 4) is 0 Å². The minimum absolute atomic E-state index is 0.0184. The van der Waals surface area contributed by atoms with E-state index in [4.69, 9.17) is 5.11 Å². The SMILES string of the molecule is O=C(O)[C@H]1CCCN(C(=O)c2ccc([N+](=O)[O-])cc2F)C1. The van der Waals surface area contributed by atoms with Crippen molar-refractivity contribution in [2.24, 2.45) is 5.92 Å². The fourth-order valence-electron chi connectivity index (χ4n) is 2.32. The van der Waals surface area contributed by atoms with Gasteiger partial charge in [0.2, 0.25) is 0 Å². The van der Waals surface area contributed by atoms with Crippen LogP contribution in [0.5, 0.6) is 0 Å². The van der Waals surface area contributed by atoms with Crippen molar-refractivity contribution in [3.05, 3.63) is 39.7 Å². The molecule has 2 rings (SSSR count). The summed E-state index contributed by atoms with van der Waals surface area (Å²) in [4.78, 5) is 34.2. The van der Waals surface area contributed by atoms with E-state index >= 15 is 0 Å². The third kappa shape index (κ3) is 3.15. The number of aliphatic carboxylic acids is 1. The molecule has 0 aromatic heterocycles.